The standard InChI is InChI=1S/C18H26F2N2O4/c1-4-26-10-18(25)21-11(2)5-17(24)16(22-12(3)23)8-13-6-14(19)9-15(20)7-13/h6-7,9,11,16-17,24H,4-5,8,10H2,1-3H3,(H,21,25)(H,22,23)/t11?,16-,17-/m0/s1. The maximum absolute atomic E-state index is 13.3. The summed E-state index contributed by atoms with van der Waals surface area (Å²) >= 11 is 0. The molecule has 3 atom stereocenters. The minimum Gasteiger partial charge on any atom is -0.391 e. The zero-order chi connectivity index (χ0) is 19.7. The third-order valence-electron chi connectivity index (χ3n) is 3.67. The Balaban J connectivity index is 2.71. The van der Waals surface area contributed by atoms with Crippen LogP contribution in [-0.4, -0.2) is 48.3 Å². The van der Waals surface area contributed by atoms with Crippen LogP contribution in [0.4, 0.5) is 8.78 Å². The Bertz CT molecular complexity index is 593. The SMILES string of the molecule is CCOCC(=O)NC(C)C[C@H](O)[C@H](Cc1cc(F)cc(F)c1)NC(C)=O. The smallest absolute Gasteiger partial charge is 0.246 e. The number of aliphatic hydroxyl groups excluding tert-OH is 1. The second-order valence-electron chi connectivity index (χ2n) is 6.20. The average Bonchev–Trinajstić information content (AvgIpc) is 2.50. The first kappa shape index (κ1) is 22.0. The summed E-state index contributed by atoms with van der Waals surface area (Å²) in [5, 5.41) is 15.7. The quantitative estimate of drug-likeness (QED) is 0.578. The lowest BCUT2D eigenvalue weighted by molar-refractivity contribution is -0.126. The van der Waals surface area contributed by atoms with Crippen molar-refractivity contribution in [2.45, 2.75) is 51.8 Å². The zero-order valence-electron chi connectivity index (χ0n) is 15.2. The molecule has 26 heavy (non-hydrogen) atoms. The van der Waals surface area contributed by atoms with Crippen molar-refractivity contribution in [2.24, 2.45) is 0 Å². The molecule has 2 amide bonds. The van der Waals surface area contributed by atoms with Gasteiger partial charge in [0.25, 0.3) is 0 Å². The van der Waals surface area contributed by atoms with E-state index in [1.807, 2.05) is 0 Å². The van der Waals surface area contributed by atoms with E-state index in [9.17, 15) is 23.5 Å². The van der Waals surface area contributed by atoms with Crippen LogP contribution >= 0.6 is 0 Å². The fourth-order valence-corrected chi connectivity index (χ4v) is 2.62. The van der Waals surface area contributed by atoms with Crippen LogP contribution in [0.3, 0.4) is 0 Å². The number of carbonyl (C=O) groups excluding carboxylic acids is 2. The lowest BCUT2D eigenvalue weighted by atomic mass is 9.96. The molecule has 0 heterocycles. The maximum atomic E-state index is 13.3. The topological polar surface area (TPSA) is 87.7 Å². The van der Waals surface area contributed by atoms with E-state index in [-0.39, 0.29) is 37.3 Å². The van der Waals surface area contributed by atoms with Crippen molar-refractivity contribution in [1.82, 2.24) is 10.6 Å². The highest BCUT2D eigenvalue weighted by atomic mass is 19.1. The first-order valence-electron chi connectivity index (χ1n) is 8.48. The van der Waals surface area contributed by atoms with Gasteiger partial charge in [0, 0.05) is 25.6 Å². The van der Waals surface area contributed by atoms with Crippen molar-refractivity contribution in [1.29, 1.82) is 0 Å². The molecule has 0 saturated heterocycles. The van der Waals surface area contributed by atoms with Crippen molar-refractivity contribution in [3.63, 3.8) is 0 Å². The van der Waals surface area contributed by atoms with Gasteiger partial charge in [-0.05, 0) is 44.4 Å². The number of ether oxygens (including phenoxy) is 1. The minimum atomic E-state index is -1.02. The molecule has 0 aliphatic rings. The monoisotopic (exact) mass is 372 g/mol. The third kappa shape index (κ3) is 8.35. The average molecular weight is 372 g/mol. The van der Waals surface area contributed by atoms with Gasteiger partial charge in [0.1, 0.15) is 18.2 Å². The minimum absolute atomic E-state index is 0.0506. The highest BCUT2D eigenvalue weighted by molar-refractivity contribution is 5.77. The van der Waals surface area contributed by atoms with Gasteiger partial charge in [-0.3, -0.25) is 9.59 Å². The molecule has 3 N–H and O–H groups in total. The molecule has 1 rings (SSSR count). The first-order valence-corrected chi connectivity index (χ1v) is 8.48. The Kier molecular flexibility index (Phi) is 9.15. The lowest BCUT2D eigenvalue weighted by Crippen LogP contribution is -2.47. The van der Waals surface area contributed by atoms with Gasteiger partial charge in [0.05, 0.1) is 12.1 Å². The molecule has 0 aromatic heterocycles. The third-order valence-corrected chi connectivity index (χ3v) is 3.67. The van der Waals surface area contributed by atoms with E-state index in [0.717, 1.165) is 18.2 Å². The number of rotatable bonds is 10. The molecule has 1 aromatic carbocycles. The van der Waals surface area contributed by atoms with Gasteiger partial charge in [-0.2, -0.15) is 0 Å². The number of halogens is 2. The molecule has 1 aromatic rings. The van der Waals surface area contributed by atoms with E-state index >= 15 is 0 Å². The number of aliphatic hydroxyl groups is 1. The van der Waals surface area contributed by atoms with Crippen LogP contribution in [0.1, 0.15) is 32.8 Å². The second kappa shape index (κ2) is 10.8. The predicted octanol–water partition coefficient (Wildman–Crippen LogP) is 1.30. The summed E-state index contributed by atoms with van der Waals surface area (Å²) in [6, 6.07) is 1.93. The molecule has 0 fully saturated rings. The van der Waals surface area contributed by atoms with E-state index in [1.165, 1.54) is 6.92 Å². The molecular formula is C18H26F2N2O4. The number of nitrogens with one attached hydrogen (secondary N) is 2. The Morgan fingerprint density at radius 3 is 2.35 bits per heavy atom. The van der Waals surface area contributed by atoms with Crippen LogP contribution in [0.2, 0.25) is 0 Å². The summed E-state index contributed by atoms with van der Waals surface area (Å²) in [5.41, 5.74) is 0.313. The molecule has 0 radical (unpaired) electrons. The van der Waals surface area contributed by atoms with Gasteiger partial charge < -0.3 is 20.5 Å². The Morgan fingerprint density at radius 2 is 1.81 bits per heavy atom. The van der Waals surface area contributed by atoms with Crippen LogP contribution in [-0.2, 0) is 20.7 Å². The van der Waals surface area contributed by atoms with Crippen LogP contribution < -0.4 is 10.6 Å². The van der Waals surface area contributed by atoms with Crippen LogP contribution in [0, 0.1) is 11.6 Å². The predicted molar refractivity (Wildman–Crippen MR) is 92.4 cm³/mol. The summed E-state index contributed by atoms with van der Waals surface area (Å²) in [6.45, 7) is 5.11. The molecular weight excluding hydrogens is 346 g/mol. The number of amides is 2. The van der Waals surface area contributed by atoms with Gasteiger partial charge in [0.15, 0.2) is 0 Å². The molecule has 6 nitrogen and oxygen atoms in total. The van der Waals surface area contributed by atoms with Crippen molar-refractivity contribution in [2.75, 3.05) is 13.2 Å². The Labute approximate surface area is 151 Å². The summed E-state index contributed by atoms with van der Waals surface area (Å²) in [6.07, 6.45) is -0.817. The van der Waals surface area contributed by atoms with Crippen LogP contribution in [0.25, 0.3) is 0 Å². The molecule has 1 unspecified atom stereocenters. The normalized spacial score (nSPS) is 14.4. The highest BCUT2D eigenvalue weighted by Gasteiger charge is 2.24. The van der Waals surface area contributed by atoms with Gasteiger partial charge >= 0.3 is 0 Å². The van der Waals surface area contributed by atoms with Gasteiger partial charge in [-0.25, -0.2) is 8.78 Å². The lowest BCUT2D eigenvalue weighted by Gasteiger charge is -2.26. The summed E-state index contributed by atoms with van der Waals surface area (Å²) in [4.78, 5) is 23.0. The Morgan fingerprint density at radius 1 is 1.19 bits per heavy atom. The number of carbonyl (C=O) groups is 2. The molecule has 146 valence electrons. The molecule has 0 aliphatic carbocycles. The van der Waals surface area contributed by atoms with E-state index in [1.54, 1.807) is 13.8 Å². The summed E-state index contributed by atoms with van der Waals surface area (Å²) in [5.74, 6) is -2.14. The van der Waals surface area contributed by atoms with Crippen molar-refractivity contribution in [3.05, 3.63) is 35.4 Å². The summed E-state index contributed by atoms with van der Waals surface area (Å²) in [7, 11) is 0. The zero-order valence-corrected chi connectivity index (χ0v) is 15.2. The molecule has 0 aliphatic heterocycles. The number of hydrogen-bond donors (Lipinski definition) is 3. The second-order valence-corrected chi connectivity index (χ2v) is 6.20. The van der Waals surface area contributed by atoms with Crippen molar-refractivity contribution in [3.8, 4) is 0 Å². The van der Waals surface area contributed by atoms with Crippen molar-refractivity contribution >= 4 is 11.8 Å². The van der Waals surface area contributed by atoms with Gasteiger partial charge in [-0.1, -0.05) is 0 Å². The first-order chi connectivity index (χ1) is 12.2. The van der Waals surface area contributed by atoms with Gasteiger partial charge in [-0.15, -0.1) is 0 Å². The fourth-order valence-electron chi connectivity index (χ4n) is 2.62. The molecule has 0 spiro atoms. The van der Waals surface area contributed by atoms with Crippen molar-refractivity contribution < 1.29 is 28.2 Å². The molecule has 0 bridgehead atoms. The van der Waals surface area contributed by atoms with Crippen LogP contribution in [0.5, 0.6) is 0 Å². The maximum Gasteiger partial charge on any atom is 0.246 e. The van der Waals surface area contributed by atoms with E-state index in [2.05, 4.69) is 10.6 Å². The largest absolute Gasteiger partial charge is 0.391 e. The number of hydrogen-bond acceptors (Lipinski definition) is 4. The fraction of sp³-hybridized carbons (Fsp3) is 0.556. The van der Waals surface area contributed by atoms with Crippen LogP contribution in [0.15, 0.2) is 18.2 Å². The highest BCUT2D eigenvalue weighted by Crippen LogP contribution is 2.14. The van der Waals surface area contributed by atoms with E-state index in [4.69, 9.17) is 4.74 Å². The van der Waals surface area contributed by atoms with E-state index < -0.39 is 23.8 Å². The Hall–Kier alpha value is -2.06. The summed E-state index contributed by atoms with van der Waals surface area (Å²) < 4.78 is 31.7. The van der Waals surface area contributed by atoms with Gasteiger partial charge in [0.2, 0.25) is 11.8 Å². The number of benzene rings is 1. The molecule has 0 saturated carbocycles. The molecule has 8 heteroatoms. The van der Waals surface area contributed by atoms with E-state index in [0.29, 0.717) is 12.2 Å².